The van der Waals surface area contributed by atoms with Crippen molar-refractivity contribution in [1.82, 2.24) is 14.7 Å². The van der Waals surface area contributed by atoms with Crippen molar-refractivity contribution in [3.8, 4) is 5.75 Å². The molecule has 2 saturated heterocycles. The second-order valence-corrected chi connectivity index (χ2v) is 10.8. The second-order valence-electron chi connectivity index (χ2n) is 10.8. The fourth-order valence-electron chi connectivity index (χ4n) is 5.63. The molecule has 2 aliphatic heterocycles. The Morgan fingerprint density at radius 3 is 2.02 bits per heavy atom. The van der Waals surface area contributed by atoms with Gasteiger partial charge in [0, 0.05) is 38.4 Å². The number of urea groups is 1. The van der Waals surface area contributed by atoms with Gasteiger partial charge in [-0.25, -0.2) is 4.79 Å². The Hall–Kier alpha value is -3.61. The van der Waals surface area contributed by atoms with E-state index in [4.69, 9.17) is 4.74 Å². The largest absolute Gasteiger partial charge is 0.492 e. The molecule has 0 aliphatic carbocycles. The number of rotatable bonds is 9. The fraction of sp³-hybridized carbons (Fsp3) is 0.382. The predicted molar refractivity (Wildman–Crippen MR) is 165 cm³/mol. The van der Waals surface area contributed by atoms with Gasteiger partial charge in [0.25, 0.3) is 0 Å². The molecule has 6 heteroatoms. The number of nitrogens with one attached hydrogen (secondary N) is 1. The SMILES string of the molecule is CC/C(=C(/c1ccc(NC(=O)N2CCN(C)CC2)cc1)c1ccc(OCCN2CCCC2)cc1)c1ccccc1. The van der Waals surface area contributed by atoms with E-state index in [0.717, 1.165) is 61.7 Å². The van der Waals surface area contributed by atoms with Crippen LogP contribution in [0, 0.1) is 0 Å². The van der Waals surface area contributed by atoms with Crippen molar-refractivity contribution in [1.29, 1.82) is 0 Å². The normalized spacial score (nSPS) is 17.0. The molecule has 0 unspecified atom stereocenters. The third kappa shape index (κ3) is 7.12. The highest BCUT2D eigenvalue weighted by Gasteiger charge is 2.19. The van der Waals surface area contributed by atoms with Gasteiger partial charge < -0.3 is 19.9 Å². The monoisotopic (exact) mass is 538 g/mol. The van der Waals surface area contributed by atoms with Crippen LogP contribution < -0.4 is 10.1 Å². The molecule has 40 heavy (non-hydrogen) atoms. The lowest BCUT2D eigenvalue weighted by Gasteiger charge is -2.32. The van der Waals surface area contributed by atoms with Gasteiger partial charge in [0.1, 0.15) is 12.4 Å². The first kappa shape index (κ1) is 27.9. The van der Waals surface area contributed by atoms with E-state index >= 15 is 0 Å². The predicted octanol–water partition coefficient (Wildman–Crippen LogP) is 6.31. The molecule has 210 valence electrons. The maximum Gasteiger partial charge on any atom is 0.321 e. The highest BCUT2D eigenvalue weighted by Crippen LogP contribution is 2.35. The van der Waals surface area contributed by atoms with Crippen LogP contribution in [0.1, 0.15) is 42.9 Å². The summed E-state index contributed by atoms with van der Waals surface area (Å²) in [7, 11) is 2.09. The van der Waals surface area contributed by atoms with E-state index in [0.29, 0.717) is 6.61 Å². The van der Waals surface area contributed by atoms with Crippen molar-refractivity contribution in [3.63, 3.8) is 0 Å². The standard InChI is InChI=1S/C34H42N4O2/c1-3-32(27-9-5-4-6-10-27)33(29-13-17-31(18-14-29)40-26-25-37-19-7-8-20-37)28-11-15-30(16-12-28)35-34(39)38-23-21-36(2)22-24-38/h4-6,9-18H,3,7-8,19-26H2,1-2H3,(H,35,39)/b33-32+. The van der Waals surface area contributed by atoms with Gasteiger partial charge in [0.2, 0.25) is 0 Å². The number of allylic oxidation sites excluding steroid dienone is 1. The molecule has 0 aromatic heterocycles. The zero-order chi connectivity index (χ0) is 27.7. The number of hydrogen-bond donors (Lipinski definition) is 1. The summed E-state index contributed by atoms with van der Waals surface area (Å²) < 4.78 is 6.08. The number of carbonyl (C=O) groups is 1. The quantitative estimate of drug-likeness (QED) is 0.325. The Morgan fingerprint density at radius 2 is 1.40 bits per heavy atom. The van der Waals surface area contributed by atoms with E-state index < -0.39 is 0 Å². The molecule has 0 radical (unpaired) electrons. The van der Waals surface area contributed by atoms with E-state index in [2.05, 4.69) is 95.8 Å². The zero-order valence-corrected chi connectivity index (χ0v) is 23.9. The Labute approximate surface area is 239 Å². The van der Waals surface area contributed by atoms with Crippen LogP contribution >= 0.6 is 0 Å². The number of amides is 2. The van der Waals surface area contributed by atoms with E-state index in [1.54, 1.807) is 0 Å². The van der Waals surface area contributed by atoms with Crippen LogP contribution in [0.5, 0.6) is 5.75 Å². The minimum Gasteiger partial charge on any atom is -0.492 e. The van der Waals surface area contributed by atoms with Crippen LogP contribution in [0.4, 0.5) is 10.5 Å². The summed E-state index contributed by atoms with van der Waals surface area (Å²) in [4.78, 5) is 19.4. The Morgan fingerprint density at radius 1 is 0.775 bits per heavy atom. The minimum atomic E-state index is -0.0320. The third-order valence-electron chi connectivity index (χ3n) is 8.01. The van der Waals surface area contributed by atoms with Gasteiger partial charge >= 0.3 is 6.03 Å². The lowest BCUT2D eigenvalue weighted by molar-refractivity contribution is 0.164. The van der Waals surface area contributed by atoms with Gasteiger partial charge in [0.05, 0.1) is 0 Å². The summed E-state index contributed by atoms with van der Waals surface area (Å²) in [6.07, 6.45) is 3.50. The molecule has 0 bridgehead atoms. The van der Waals surface area contributed by atoms with Gasteiger partial charge in [-0.05, 0) is 91.5 Å². The number of nitrogens with zero attached hydrogens (tertiary/aromatic N) is 3. The second kappa shape index (κ2) is 13.6. The van der Waals surface area contributed by atoms with E-state index in [1.165, 1.54) is 42.6 Å². The molecule has 2 amide bonds. The maximum absolute atomic E-state index is 12.8. The highest BCUT2D eigenvalue weighted by molar-refractivity contribution is 5.99. The number of carbonyl (C=O) groups excluding carboxylic acids is 1. The van der Waals surface area contributed by atoms with Crippen LogP contribution in [-0.4, -0.2) is 80.2 Å². The molecule has 0 saturated carbocycles. The average Bonchev–Trinajstić information content (AvgIpc) is 3.51. The molecule has 0 atom stereocenters. The number of piperazine rings is 1. The molecule has 2 aliphatic rings. The van der Waals surface area contributed by atoms with Gasteiger partial charge in [-0.3, -0.25) is 4.90 Å². The van der Waals surface area contributed by atoms with Crippen molar-refractivity contribution in [2.45, 2.75) is 26.2 Å². The maximum atomic E-state index is 12.8. The molecule has 2 heterocycles. The van der Waals surface area contributed by atoms with E-state index in [9.17, 15) is 4.79 Å². The van der Waals surface area contributed by atoms with Crippen LogP contribution in [-0.2, 0) is 0 Å². The first-order valence-corrected chi connectivity index (χ1v) is 14.7. The molecule has 6 nitrogen and oxygen atoms in total. The third-order valence-corrected chi connectivity index (χ3v) is 8.01. The average molecular weight is 539 g/mol. The first-order chi connectivity index (χ1) is 19.6. The smallest absolute Gasteiger partial charge is 0.321 e. The Balaban J connectivity index is 1.36. The van der Waals surface area contributed by atoms with E-state index in [-0.39, 0.29) is 6.03 Å². The van der Waals surface area contributed by atoms with Crippen LogP contribution in [0.3, 0.4) is 0 Å². The zero-order valence-electron chi connectivity index (χ0n) is 23.9. The van der Waals surface area contributed by atoms with Gasteiger partial charge in [-0.15, -0.1) is 0 Å². The van der Waals surface area contributed by atoms with Crippen LogP contribution in [0.2, 0.25) is 0 Å². The van der Waals surface area contributed by atoms with Gasteiger partial charge in [-0.2, -0.15) is 0 Å². The van der Waals surface area contributed by atoms with Crippen molar-refractivity contribution in [2.75, 3.05) is 64.8 Å². The van der Waals surface area contributed by atoms with Crippen molar-refractivity contribution >= 4 is 22.9 Å². The summed E-state index contributed by atoms with van der Waals surface area (Å²) >= 11 is 0. The number of benzene rings is 3. The van der Waals surface area contributed by atoms with Crippen molar-refractivity contribution in [3.05, 3.63) is 95.6 Å². The summed E-state index contributed by atoms with van der Waals surface area (Å²) in [6.45, 7) is 9.60. The molecule has 0 spiro atoms. The minimum absolute atomic E-state index is 0.0320. The first-order valence-electron chi connectivity index (χ1n) is 14.7. The Bertz CT molecular complexity index is 1260. The molecular weight excluding hydrogens is 496 g/mol. The van der Waals surface area contributed by atoms with E-state index in [1.807, 2.05) is 17.0 Å². The van der Waals surface area contributed by atoms with Crippen molar-refractivity contribution in [2.24, 2.45) is 0 Å². The Kier molecular flexibility index (Phi) is 9.53. The lowest BCUT2D eigenvalue weighted by Crippen LogP contribution is -2.48. The number of anilines is 1. The number of ether oxygens (including phenoxy) is 1. The summed E-state index contributed by atoms with van der Waals surface area (Å²) in [5.74, 6) is 0.905. The molecule has 5 rings (SSSR count). The fourth-order valence-corrected chi connectivity index (χ4v) is 5.63. The molecular formula is C34H42N4O2. The van der Waals surface area contributed by atoms with Crippen molar-refractivity contribution < 1.29 is 9.53 Å². The summed E-state index contributed by atoms with van der Waals surface area (Å²) in [6, 6.07) is 27.3. The summed E-state index contributed by atoms with van der Waals surface area (Å²) in [5, 5.41) is 3.09. The molecule has 3 aromatic rings. The lowest BCUT2D eigenvalue weighted by atomic mass is 9.88. The highest BCUT2D eigenvalue weighted by atomic mass is 16.5. The molecule has 2 fully saturated rings. The number of likely N-dealkylation sites (tertiary alicyclic amines) is 1. The molecule has 1 N–H and O–H groups in total. The number of likely N-dealkylation sites (N-methyl/N-ethyl adjacent to an activating group) is 1. The van der Waals surface area contributed by atoms with Crippen LogP contribution in [0.15, 0.2) is 78.9 Å². The molecule has 3 aromatic carbocycles. The van der Waals surface area contributed by atoms with Gasteiger partial charge in [0.15, 0.2) is 0 Å². The van der Waals surface area contributed by atoms with Gasteiger partial charge in [-0.1, -0.05) is 61.5 Å². The summed E-state index contributed by atoms with van der Waals surface area (Å²) in [5.41, 5.74) is 6.81. The van der Waals surface area contributed by atoms with Crippen LogP contribution in [0.25, 0.3) is 11.1 Å². The number of hydrogen-bond acceptors (Lipinski definition) is 4. The topological polar surface area (TPSA) is 48.1 Å².